The summed E-state index contributed by atoms with van der Waals surface area (Å²) in [6.45, 7) is 2.55. The summed E-state index contributed by atoms with van der Waals surface area (Å²) in [5.74, 6) is 1.73. The molecule has 1 aliphatic heterocycles. The molecule has 1 fully saturated rings. The number of halogens is 1. The predicted octanol–water partition coefficient (Wildman–Crippen LogP) is 3.11. The molecule has 0 saturated carbocycles. The summed E-state index contributed by atoms with van der Waals surface area (Å²) in [4.78, 5) is 11.1. The summed E-state index contributed by atoms with van der Waals surface area (Å²) in [7, 11) is 1.86. The first kappa shape index (κ1) is 17.7. The van der Waals surface area contributed by atoms with Crippen LogP contribution in [0.1, 0.15) is 18.6 Å². The van der Waals surface area contributed by atoms with Crippen LogP contribution >= 0.6 is 27.7 Å². The Balaban J connectivity index is 1.56. The SMILES string of the molecule is Cn1nc(Br)c2c(Sc3nnc(N4CCCC4)n3Cc3ccco3)ncnc21. The van der Waals surface area contributed by atoms with E-state index >= 15 is 0 Å². The Morgan fingerprint density at radius 3 is 2.86 bits per heavy atom. The van der Waals surface area contributed by atoms with Crippen LogP contribution < -0.4 is 4.90 Å². The topological polar surface area (TPSA) is 90.7 Å². The van der Waals surface area contributed by atoms with Crippen LogP contribution in [-0.2, 0) is 13.6 Å². The lowest BCUT2D eigenvalue weighted by Gasteiger charge is -2.17. The van der Waals surface area contributed by atoms with Crippen molar-refractivity contribution in [2.45, 2.75) is 29.6 Å². The number of aryl methyl sites for hydroxylation is 1. The fourth-order valence-electron chi connectivity index (χ4n) is 3.38. The molecule has 0 spiro atoms. The second kappa shape index (κ2) is 7.21. The molecule has 5 rings (SSSR count). The summed E-state index contributed by atoms with van der Waals surface area (Å²) in [6.07, 6.45) is 5.58. The number of rotatable bonds is 5. The second-order valence-electron chi connectivity index (χ2n) is 6.54. The third kappa shape index (κ3) is 3.08. The summed E-state index contributed by atoms with van der Waals surface area (Å²) in [6, 6.07) is 3.85. The monoisotopic (exact) mass is 460 g/mol. The number of hydrogen-bond acceptors (Lipinski definition) is 8. The minimum atomic E-state index is 0.566. The van der Waals surface area contributed by atoms with E-state index < -0.39 is 0 Å². The Kier molecular flexibility index (Phi) is 4.55. The number of aromatic nitrogens is 7. The zero-order chi connectivity index (χ0) is 19.1. The molecule has 28 heavy (non-hydrogen) atoms. The van der Waals surface area contributed by atoms with Crippen molar-refractivity contribution in [3.63, 3.8) is 0 Å². The highest BCUT2D eigenvalue weighted by Gasteiger charge is 2.24. The fourth-order valence-corrected chi connectivity index (χ4v) is 5.02. The molecule has 0 N–H and O–H groups in total. The van der Waals surface area contributed by atoms with E-state index in [1.165, 1.54) is 24.6 Å². The minimum Gasteiger partial charge on any atom is -0.467 e. The molecule has 0 aliphatic carbocycles. The van der Waals surface area contributed by atoms with E-state index in [0.29, 0.717) is 11.1 Å². The molecular weight excluding hydrogens is 444 g/mol. The summed E-state index contributed by atoms with van der Waals surface area (Å²) < 4.78 is 10.1. The van der Waals surface area contributed by atoms with Gasteiger partial charge in [0, 0.05) is 20.1 Å². The highest BCUT2D eigenvalue weighted by Crippen LogP contribution is 2.35. The number of anilines is 1. The van der Waals surface area contributed by atoms with Crippen molar-refractivity contribution in [2.75, 3.05) is 18.0 Å². The van der Waals surface area contributed by atoms with E-state index in [2.05, 4.69) is 50.7 Å². The van der Waals surface area contributed by atoms with Gasteiger partial charge in [0.05, 0.1) is 18.2 Å². The average molecular weight is 461 g/mol. The fraction of sp³-hybridized carbons (Fsp3) is 0.353. The van der Waals surface area contributed by atoms with Crippen LogP contribution in [0, 0.1) is 0 Å². The van der Waals surface area contributed by atoms with E-state index in [1.807, 2.05) is 19.2 Å². The van der Waals surface area contributed by atoms with Crippen LogP contribution in [0.15, 0.2) is 43.9 Å². The maximum Gasteiger partial charge on any atom is 0.228 e. The van der Waals surface area contributed by atoms with E-state index in [9.17, 15) is 0 Å². The Labute approximate surface area is 173 Å². The molecular formula is C17H17BrN8OS. The van der Waals surface area contributed by atoms with Crippen LogP contribution in [0.2, 0.25) is 0 Å². The lowest BCUT2D eigenvalue weighted by molar-refractivity contribution is 0.483. The number of nitrogens with zero attached hydrogens (tertiary/aromatic N) is 8. The zero-order valence-corrected chi connectivity index (χ0v) is 17.5. The molecule has 9 nitrogen and oxygen atoms in total. The molecule has 144 valence electrons. The molecule has 0 unspecified atom stereocenters. The van der Waals surface area contributed by atoms with Crippen LogP contribution in [0.25, 0.3) is 11.0 Å². The van der Waals surface area contributed by atoms with Gasteiger partial charge in [-0.05, 0) is 52.7 Å². The third-order valence-electron chi connectivity index (χ3n) is 4.71. The Morgan fingerprint density at radius 1 is 1.21 bits per heavy atom. The molecule has 1 saturated heterocycles. The van der Waals surface area contributed by atoms with Crippen molar-refractivity contribution < 1.29 is 4.42 Å². The Morgan fingerprint density at radius 2 is 2.07 bits per heavy atom. The zero-order valence-electron chi connectivity index (χ0n) is 15.1. The van der Waals surface area contributed by atoms with Crippen molar-refractivity contribution in [3.8, 4) is 0 Å². The van der Waals surface area contributed by atoms with Gasteiger partial charge in [0.1, 0.15) is 21.7 Å². The molecule has 1 aliphatic rings. The van der Waals surface area contributed by atoms with Crippen molar-refractivity contribution >= 4 is 44.7 Å². The van der Waals surface area contributed by atoms with Gasteiger partial charge in [0.2, 0.25) is 5.95 Å². The van der Waals surface area contributed by atoms with E-state index in [-0.39, 0.29) is 0 Å². The van der Waals surface area contributed by atoms with Crippen LogP contribution in [0.4, 0.5) is 5.95 Å². The minimum absolute atomic E-state index is 0.566. The molecule has 4 aromatic rings. The lowest BCUT2D eigenvalue weighted by Crippen LogP contribution is -2.22. The Hall–Kier alpha value is -2.40. The number of hydrogen-bond donors (Lipinski definition) is 0. The first-order chi connectivity index (χ1) is 13.7. The van der Waals surface area contributed by atoms with Gasteiger partial charge in [-0.2, -0.15) is 5.10 Å². The Bertz CT molecular complexity index is 1120. The first-order valence-electron chi connectivity index (χ1n) is 8.92. The largest absolute Gasteiger partial charge is 0.467 e. The van der Waals surface area contributed by atoms with Crippen LogP contribution in [0.3, 0.4) is 0 Å². The summed E-state index contributed by atoms with van der Waals surface area (Å²) >= 11 is 4.98. The molecule has 0 atom stereocenters. The van der Waals surface area contributed by atoms with E-state index in [4.69, 9.17) is 4.42 Å². The van der Waals surface area contributed by atoms with Crippen molar-refractivity contribution in [1.82, 2.24) is 34.5 Å². The standard InChI is InChI=1S/C17H17BrN8OS/c1-24-14-12(13(18)23-24)15(20-10-19-14)28-17-22-21-16(25-6-2-3-7-25)26(17)9-11-5-4-8-27-11/h4-5,8,10H,2-3,6-7,9H2,1H3. The molecule has 0 amide bonds. The molecule has 11 heteroatoms. The van der Waals surface area contributed by atoms with E-state index in [1.54, 1.807) is 17.3 Å². The van der Waals surface area contributed by atoms with Gasteiger partial charge in [-0.15, -0.1) is 10.2 Å². The summed E-state index contributed by atoms with van der Waals surface area (Å²) in [5.41, 5.74) is 0.765. The van der Waals surface area contributed by atoms with Gasteiger partial charge in [0.25, 0.3) is 0 Å². The normalized spacial score (nSPS) is 14.4. The molecule has 4 aromatic heterocycles. The maximum absolute atomic E-state index is 5.57. The maximum atomic E-state index is 5.57. The molecule has 5 heterocycles. The smallest absolute Gasteiger partial charge is 0.228 e. The quantitative estimate of drug-likeness (QED) is 0.419. The van der Waals surface area contributed by atoms with Gasteiger partial charge in [-0.3, -0.25) is 4.57 Å². The van der Waals surface area contributed by atoms with Crippen molar-refractivity contribution in [1.29, 1.82) is 0 Å². The predicted molar refractivity (Wildman–Crippen MR) is 107 cm³/mol. The summed E-state index contributed by atoms with van der Waals surface area (Å²) in [5, 5.41) is 15.8. The van der Waals surface area contributed by atoms with Gasteiger partial charge >= 0.3 is 0 Å². The molecule has 0 bridgehead atoms. The highest BCUT2D eigenvalue weighted by molar-refractivity contribution is 9.10. The van der Waals surface area contributed by atoms with Crippen LogP contribution in [0.5, 0.6) is 0 Å². The number of furan rings is 1. The van der Waals surface area contributed by atoms with Gasteiger partial charge in [-0.1, -0.05) is 0 Å². The van der Waals surface area contributed by atoms with E-state index in [0.717, 1.165) is 46.0 Å². The van der Waals surface area contributed by atoms with Crippen LogP contribution in [-0.4, -0.2) is 47.6 Å². The van der Waals surface area contributed by atoms with Gasteiger partial charge < -0.3 is 9.32 Å². The molecule has 0 radical (unpaired) electrons. The van der Waals surface area contributed by atoms with Crippen molar-refractivity contribution in [2.24, 2.45) is 7.05 Å². The van der Waals surface area contributed by atoms with Gasteiger partial charge in [0.15, 0.2) is 10.8 Å². The molecule has 0 aromatic carbocycles. The van der Waals surface area contributed by atoms with Crippen molar-refractivity contribution in [3.05, 3.63) is 35.1 Å². The average Bonchev–Trinajstić information content (AvgIpc) is 3.46. The number of fused-ring (bicyclic) bond motifs is 1. The van der Waals surface area contributed by atoms with Gasteiger partial charge in [-0.25, -0.2) is 14.6 Å². The third-order valence-corrected chi connectivity index (χ3v) is 6.25. The highest BCUT2D eigenvalue weighted by atomic mass is 79.9. The lowest BCUT2D eigenvalue weighted by atomic mass is 10.4. The first-order valence-corrected chi connectivity index (χ1v) is 10.5. The second-order valence-corrected chi connectivity index (χ2v) is 8.24.